The summed E-state index contributed by atoms with van der Waals surface area (Å²) in [7, 11) is 0. The van der Waals surface area contributed by atoms with Gasteiger partial charge < -0.3 is 5.73 Å². The van der Waals surface area contributed by atoms with Gasteiger partial charge in [0.1, 0.15) is 0 Å². The Morgan fingerprint density at radius 1 is 1.46 bits per heavy atom. The highest BCUT2D eigenvalue weighted by atomic mass is 15.2. The van der Waals surface area contributed by atoms with Gasteiger partial charge >= 0.3 is 0 Å². The molecule has 0 aromatic rings. The van der Waals surface area contributed by atoms with Crippen molar-refractivity contribution < 1.29 is 0 Å². The van der Waals surface area contributed by atoms with Crippen molar-refractivity contribution in [3.63, 3.8) is 0 Å². The van der Waals surface area contributed by atoms with Gasteiger partial charge in [-0.15, -0.1) is 0 Å². The number of hydrogen-bond donors (Lipinski definition) is 1. The Hall–Kier alpha value is -0.0800. The lowest BCUT2D eigenvalue weighted by Gasteiger charge is -2.43. The van der Waals surface area contributed by atoms with Crippen molar-refractivity contribution >= 4 is 0 Å². The molecular formula is C11H24N2. The minimum atomic E-state index is 0.202. The molecule has 0 aromatic carbocycles. The van der Waals surface area contributed by atoms with Crippen LogP contribution in [0.15, 0.2) is 0 Å². The van der Waals surface area contributed by atoms with E-state index in [9.17, 15) is 0 Å². The van der Waals surface area contributed by atoms with Gasteiger partial charge in [-0.3, -0.25) is 4.90 Å². The highest BCUT2D eigenvalue weighted by molar-refractivity contribution is 4.86. The summed E-state index contributed by atoms with van der Waals surface area (Å²) in [5, 5.41) is 0. The van der Waals surface area contributed by atoms with Crippen molar-refractivity contribution in [3.05, 3.63) is 0 Å². The first-order valence-electron chi connectivity index (χ1n) is 5.55. The molecular weight excluding hydrogens is 160 g/mol. The Morgan fingerprint density at radius 3 is 2.69 bits per heavy atom. The van der Waals surface area contributed by atoms with E-state index in [4.69, 9.17) is 5.73 Å². The SMILES string of the molecule is CC[C@H]1CCCN(C(C)(C)CN)C1. The van der Waals surface area contributed by atoms with Crippen molar-refractivity contribution in [1.29, 1.82) is 0 Å². The van der Waals surface area contributed by atoms with Crippen molar-refractivity contribution in [2.24, 2.45) is 11.7 Å². The summed E-state index contributed by atoms with van der Waals surface area (Å²) < 4.78 is 0. The molecule has 0 radical (unpaired) electrons. The molecule has 0 unspecified atom stereocenters. The number of nitrogens with two attached hydrogens (primary N) is 1. The molecule has 2 heteroatoms. The average molecular weight is 184 g/mol. The molecule has 78 valence electrons. The quantitative estimate of drug-likeness (QED) is 0.725. The maximum Gasteiger partial charge on any atom is 0.0275 e. The van der Waals surface area contributed by atoms with Crippen LogP contribution >= 0.6 is 0 Å². The Bertz CT molecular complexity index is 154. The van der Waals surface area contributed by atoms with Crippen LogP contribution in [0, 0.1) is 5.92 Å². The zero-order valence-corrected chi connectivity index (χ0v) is 9.34. The van der Waals surface area contributed by atoms with E-state index in [1.807, 2.05) is 0 Å². The topological polar surface area (TPSA) is 29.3 Å². The Kier molecular flexibility index (Phi) is 3.74. The molecule has 0 spiro atoms. The fourth-order valence-electron chi connectivity index (χ4n) is 2.08. The molecule has 0 aliphatic carbocycles. The highest BCUT2D eigenvalue weighted by Crippen LogP contribution is 2.24. The molecule has 2 N–H and O–H groups in total. The number of likely N-dealkylation sites (tertiary alicyclic amines) is 1. The molecule has 1 fully saturated rings. The van der Waals surface area contributed by atoms with Gasteiger partial charge in [-0.2, -0.15) is 0 Å². The summed E-state index contributed by atoms with van der Waals surface area (Å²) in [6.45, 7) is 10.1. The van der Waals surface area contributed by atoms with Crippen LogP contribution in [0.4, 0.5) is 0 Å². The summed E-state index contributed by atoms with van der Waals surface area (Å²) in [4.78, 5) is 2.56. The van der Waals surface area contributed by atoms with Gasteiger partial charge in [0, 0.05) is 18.6 Å². The van der Waals surface area contributed by atoms with Gasteiger partial charge in [0.2, 0.25) is 0 Å². The fourth-order valence-corrected chi connectivity index (χ4v) is 2.08. The van der Waals surface area contributed by atoms with Gasteiger partial charge in [-0.1, -0.05) is 13.3 Å². The van der Waals surface area contributed by atoms with Crippen LogP contribution in [-0.4, -0.2) is 30.1 Å². The molecule has 0 amide bonds. The summed E-state index contributed by atoms with van der Waals surface area (Å²) in [6, 6.07) is 0. The largest absolute Gasteiger partial charge is 0.329 e. The molecule has 0 bridgehead atoms. The summed E-state index contributed by atoms with van der Waals surface area (Å²) >= 11 is 0. The van der Waals surface area contributed by atoms with E-state index in [0.717, 1.165) is 12.5 Å². The molecule has 1 rings (SSSR count). The van der Waals surface area contributed by atoms with Crippen LogP contribution in [0.5, 0.6) is 0 Å². The maximum atomic E-state index is 5.78. The first kappa shape index (κ1) is 11.0. The molecule has 2 nitrogen and oxygen atoms in total. The average Bonchev–Trinajstić information content (AvgIpc) is 2.18. The van der Waals surface area contributed by atoms with E-state index in [-0.39, 0.29) is 5.54 Å². The lowest BCUT2D eigenvalue weighted by molar-refractivity contribution is 0.0710. The number of hydrogen-bond acceptors (Lipinski definition) is 2. The normalized spacial score (nSPS) is 26.3. The van der Waals surface area contributed by atoms with Crippen LogP contribution in [-0.2, 0) is 0 Å². The van der Waals surface area contributed by atoms with Crippen LogP contribution in [0.3, 0.4) is 0 Å². The van der Waals surface area contributed by atoms with Gasteiger partial charge in [0.05, 0.1) is 0 Å². The number of rotatable bonds is 3. The first-order chi connectivity index (χ1) is 6.10. The van der Waals surface area contributed by atoms with Crippen LogP contribution in [0.1, 0.15) is 40.0 Å². The van der Waals surface area contributed by atoms with Crippen molar-refractivity contribution in [2.45, 2.75) is 45.6 Å². The predicted octanol–water partition coefficient (Wildman–Crippen LogP) is 1.85. The smallest absolute Gasteiger partial charge is 0.0275 e. The molecule has 1 atom stereocenters. The Balaban J connectivity index is 2.50. The highest BCUT2D eigenvalue weighted by Gasteiger charge is 2.29. The third-order valence-electron chi connectivity index (χ3n) is 3.45. The molecule has 1 aliphatic rings. The number of nitrogens with zero attached hydrogens (tertiary/aromatic N) is 1. The minimum absolute atomic E-state index is 0.202. The van der Waals surface area contributed by atoms with E-state index < -0.39 is 0 Å². The van der Waals surface area contributed by atoms with Gasteiger partial charge in [0.15, 0.2) is 0 Å². The second-order valence-electron chi connectivity index (χ2n) is 4.88. The standard InChI is InChI=1S/C11H24N2/c1-4-10-6-5-7-13(8-10)11(2,3)9-12/h10H,4-9,12H2,1-3H3/t10-/m0/s1. The molecule has 0 saturated carbocycles. The zero-order chi connectivity index (χ0) is 9.90. The molecule has 13 heavy (non-hydrogen) atoms. The molecule has 0 aromatic heterocycles. The van der Waals surface area contributed by atoms with Gasteiger partial charge in [0.25, 0.3) is 0 Å². The van der Waals surface area contributed by atoms with Gasteiger partial charge in [-0.05, 0) is 39.2 Å². The van der Waals surface area contributed by atoms with Crippen LogP contribution < -0.4 is 5.73 Å². The monoisotopic (exact) mass is 184 g/mol. The fraction of sp³-hybridized carbons (Fsp3) is 1.00. The van der Waals surface area contributed by atoms with E-state index in [1.54, 1.807) is 0 Å². The Morgan fingerprint density at radius 2 is 2.15 bits per heavy atom. The van der Waals surface area contributed by atoms with E-state index in [2.05, 4.69) is 25.7 Å². The van der Waals surface area contributed by atoms with Gasteiger partial charge in [-0.25, -0.2) is 0 Å². The second-order valence-corrected chi connectivity index (χ2v) is 4.88. The van der Waals surface area contributed by atoms with Crippen LogP contribution in [0.25, 0.3) is 0 Å². The van der Waals surface area contributed by atoms with E-state index in [1.165, 1.54) is 32.4 Å². The second kappa shape index (κ2) is 4.43. The zero-order valence-electron chi connectivity index (χ0n) is 9.34. The minimum Gasteiger partial charge on any atom is -0.329 e. The van der Waals surface area contributed by atoms with Crippen molar-refractivity contribution in [3.8, 4) is 0 Å². The predicted molar refractivity (Wildman–Crippen MR) is 57.7 cm³/mol. The van der Waals surface area contributed by atoms with E-state index in [0.29, 0.717) is 0 Å². The Labute approximate surface area is 82.5 Å². The van der Waals surface area contributed by atoms with Crippen LogP contribution in [0.2, 0.25) is 0 Å². The van der Waals surface area contributed by atoms with Crippen molar-refractivity contribution in [1.82, 2.24) is 4.90 Å². The number of piperidine rings is 1. The maximum absolute atomic E-state index is 5.78. The molecule has 1 heterocycles. The van der Waals surface area contributed by atoms with E-state index >= 15 is 0 Å². The van der Waals surface area contributed by atoms with Crippen molar-refractivity contribution in [2.75, 3.05) is 19.6 Å². The first-order valence-corrected chi connectivity index (χ1v) is 5.55. The third-order valence-corrected chi connectivity index (χ3v) is 3.45. The molecule has 1 saturated heterocycles. The summed E-state index contributed by atoms with van der Waals surface area (Å²) in [5.41, 5.74) is 5.98. The summed E-state index contributed by atoms with van der Waals surface area (Å²) in [6.07, 6.45) is 4.08. The third kappa shape index (κ3) is 2.68. The lowest BCUT2D eigenvalue weighted by atomic mass is 9.91. The lowest BCUT2D eigenvalue weighted by Crippen LogP contribution is -2.53. The molecule has 1 aliphatic heterocycles. The summed E-state index contributed by atoms with van der Waals surface area (Å²) in [5.74, 6) is 0.902.